The molecule has 0 aliphatic rings. The molecule has 2 aromatic carbocycles. The van der Waals surface area contributed by atoms with Crippen LogP contribution in [0, 0.1) is 13.8 Å². The minimum atomic E-state index is -3.59. The second kappa shape index (κ2) is 7.54. The lowest BCUT2D eigenvalue weighted by molar-refractivity contribution is 0.411. The van der Waals surface area contributed by atoms with Crippen LogP contribution in [0.15, 0.2) is 52.2 Å². The van der Waals surface area contributed by atoms with Crippen LogP contribution in [0.2, 0.25) is 0 Å². The first kappa shape index (κ1) is 19.1. The molecule has 3 rings (SSSR count). The lowest BCUT2D eigenvalue weighted by Gasteiger charge is -2.10. The minimum absolute atomic E-state index is 0.0993. The molecule has 0 saturated carbocycles. The summed E-state index contributed by atoms with van der Waals surface area (Å²) in [5.74, 6) is 0.651. The van der Waals surface area contributed by atoms with E-state index in [0.29, 0.717) is 17.7 Å². The van der Waals surface area contributed by atoms with Crippen LogP contribution in [-0.2, 0) is 16.4 Å². The van der Waals surface area contributed by atoms with Crippen molar-refractivity contribution in [2.75, 3.05) is 13.7 Å². The van der Waals surface area contributed by atoms with Gasteiger partial charge in [-0.3, -0.25) is 4.79 Å². The second-order valence-electron chi connectivity index (χ2n) is 6.48. The molecule has 7 heteroatoms. The van der Waals surface area contributed by atoms with Crippen LogP contribution in [0.3, 0.4) is 0 Å². The molecular formula is C20H22N2O4S. The normalized spacial score (nSPS) is 11.7. The number of ether oxygens (including phenoxy) is 1. The fourth-order valence-corrected chi connectivity index (χ4v) is 4.07. The molecule has 142 valence electrons. The van der Waals surface area contributed by atoms with E-state index in [0.717, 1.165) is 22.0 Å². The molecule has 1 heterocycles. The highest BCUT2D eigenvalue weighted by atomic mass is 32.2. The SMILES string of the molecule is COc1ccc(S(=O)(=O)NCCc2ccc3[nH]c(=O)c(C)cc3c2)cc1C. The third-order valence-electron chi connectivity index (χ3n) is 4.48. The van der Waals surface area contributed by atoms with Gasteiger partial charge in [0.1, 0.15) is 5.75 Å². The number of aromatic amines is 1. The van der Waals surface area contributed by atoms with E-state index >= 15 is 0 Å². The molecule has 0 amide bonds. The lowest BCUT2D eigenvalue weighted by atomic mass is 10.1. The summed E-state index contributed by atoms with van der Waals surface area (Å²) in [4.78, 5) is 14.7. The first-order chi connectivity index (χ1) is 12.8. The number of pyridine rings is 1. The lowest BCUT2D eigenvalue weighted by Crippen LogP contribution is -2.26. The van der Waals surface area contributed by atoms with Gasteiger partial charge in [-0.15, -0.1) is 0 Å². The average Bonchev–Trinajstić information content (AvgIpc) is 2.62. The summed E-state index contributed by atoms with van der Waals surface area (Å²) >= 11 is 0. The number of rotatable bonds is 6. The predicted octanol–water partition coefficient (Wildman–Crippen LogP) is 2.67. The van der Waals surface area contributed by atoms with Crippen LogP contribution >= 0.6 is 0 Å². The summed E-state index contributed by atoms with van der Waals surface area (Å²) in [5.41, 5.74) is 3.07. The van der Waals surface area contributed by atoms with Crippen molar-refractivity contribution in [1.82, 2.24) is 9.71 Å². The fourth-order valence-electron chi connectivity index (χ4n) is 2.95. The molecule has 0 fully saturated rings. The van der Waals surface area contributed by atoms with Crippen LogP contribution in [0.25, 0.3) is 10.9 Å². The Labute approximate surface area is 158 Å². The van der Waals surface area contributed by atoms with Crippen molar-refractivity contribution >= 4 is 20.9 Å². The van der Waals surface area contributed by atoms with Crippen LogP contribution in [0.4, 0.5) is 0 Å². The maximum atomic E-state index is 12.5. The molecule has 3 aromatic rings. The van der Waals surface area contributed by atoms with Crippen molar-refractivity contribution in [2.45, 2.75) is 25.2 Å². The van der Waals surface area contributed by atoms with Gasteiger partial charge >= 0.3 is 0 Å². The van der Waals surface area contributed by atoms with Gasteiger partial charge in [-0.05, 0) is 73.2 Å². The molecule has 0 aliphatic carbocycles. The third-order valence-corrected chi connectivity index (χ3v) is 5.94. The predicted molar refractivity (Wildman–Crippen MR) is 106 cm³/mol. The number of aryl methyl sites for hydroxylation is 2. The van der Waals surface area contributed by atoms with E-state index < -0.39 is 10.0 Å². The van der Waals surface area contributed by atoms with Gasteiger partial charge in [0.2, 0.25) is 10.0 Å². The van der Waals surface area contributed by atoms with Crippen molar-refractivity contribution in [3.63, 3.8) is 0 Å². The molecule has 2 N–H and O–H groups in total. The first-order valence-corrected chi connectivity index (χ1v) is 10.1. The standard InChI is InChI=1S/C20H22N2O4S/c1-13-11-17(5-7-19(13)26-3)27(24,25)21-9-8-15-4-6-18-16(12-15)10-14(2)20(23)22-18/h4-7,10-12,21H,8-9H2,1-3H3,(H,22,23). The summed E-state index contributed by atoms with van der Waals surface area (Å²) < 4.78 is 32.7. The number of hydrogen-bond donors (Lipinski definition) is 2. The van der Waals surface area contributed by atoms with E-state index in [2.05, 4.69) is 9.71 Å². The van der Waals surface area contributed by atoms with Crippen molar-refractivity contribution in [1.29, 1.82) is 0 Å². The van der Waals surface area contributed by atoms with E-state index in [9.17, 15) is 13.2 Å². The highest BCUT2D eigenvalue weighted by Crippen LogP contribution is 2.21. The van der Waals surface area contributed by atoms with E-state index in [1.807, 2.05) is 24.3 Å². The van der Waals surface area contributed by atoms with Crippen molar-refractivity contribution in [3.05, 3.63) is 69.5 Å². The molecule has 6 nitrogen and oxygen atoms in total. The summed E-state index contributed by atoms with van der Waals surface area (Å²) in [6, 6.07) is 12.3. The Balaban J connectivity index is 1.71. The maximum Gasteiger partial charge on any atom is 0.251 e. The quantitative estimate of drug-likeness (QED) is 0.682. The molecule has 0 radical (unpaired) electrons. The minimum Gasteiger partial charge on any atom is -0.496 e. The molecule has 0 aliphatic heterocycles. The Morgan fingerprint density at radius 2 is 1.81 bits per heavy atom. The molecular weight excluding hydrogens is 364 g/mol. The first-order valence-electron chi connectivity index (χ1n) is 8.57. The van der Waals surface area contributed by atoms with Crippen LogP contribution in [0.1, 0.15) is 16.7 Å². The maximum absolute atomic E-state index is 12.5. The number of hydrogen-bond acceptors (Lipinski definition) is 4. The fraction of sp³-hybridized carbons (Fsp3) is 0.250. The zero-order valence-electron chi connectivity index (χ0n) is 15.5. The molecule has 0 atom stereocenters. The van der Waals surface area contributed by atoms with Gasteiger partial charge in [-0.2, -0.15) is 0 Å². The van der Waals surface area contributed by atoms with Gasteiger partial charge in [0.05, 0.1) is 12.0 Å². The van der Waals surface area contributed by atoms with Gasteiger partial charge in [-0.25, -0.2) is 13.1 Å². The number of H-pyrrole nitrogens is 1. The molecule has 0 bridgehead atoms. The Morgan fingerprint density at radius 3 is 2.52 bits per heavy atom. The van der Waals surface area contributed by atoms with E-state index in [4.69, 9.17) is 4.74 Å². The van der Waals surface area contributed by atoms with Crippen molar-refractivity contribution in [2.24, 2.45) is 0 Å². The van der Waals surface area contributed by atoms with Gasteiger partial charge in [-0.1, -0.05) is 6.07 Å². The third kappa shape index (κ3) is 4.20. The molecule has 0 spiro atoms. The molecule has 27 heavy (non-hydrogen) atoms. The molecule has 0 saturated heterocycles. The highest BCUT2D eigenvalue weighted by molar-refractivity contribution is 7.89. The zero-order chi connectivity index (χ0) is 19.6. The van der Waals surface area contributed by atoms with Gasteiger partial charge in [0.25, 0.3) is 5.56 Å². The Hall–Kier alpha value is -2.64. The van der Waals surface area contributed by atoms with Crippen LogP contribution in [0.5, 0.6) is 5.75 Å². The Kier molecular flexibility index (Phi) is 5.34. The van der Waals surface area contributed by atoms with Crippen molar-refractivity contribution < 1.29 is 13.2 Å². The van der Waals surface area contributed by atoms with Gasteiger partial charge < -0.3 is 9.72 Å². The summed E-state index contributed by atoms with van der Waals surface area (Å²) in [6.45, 7) is 3.84. The number of nitrogens with one attached hydrogen (secondary N) is 2. The largest absolute Gasteiger partial charge is 0.496 e. The Morgan fingerprint density at radius 1 is 1.04 bits per heavy atom. The molecule has 0 unspecified atom stereocenters. The summed E-state index contributed by atoms with van der Waals surface area (Å²) in [7, 11) is -2.03. The number of aromatic nitrogens is 1. The summed E-state index contributed by atoms with van der Waals surface area (Å²) in [6.07, 6.45) is 0.544. The molecule has 1 aromatic heterocycles. The average molecular weight is 386 g/mol. The topological polar surface area (TPSA) is 88.3 Å². The number of fused-ring (bicyclic) bond motifs is 1. The van der Waals surface area contributed by atoms with Gasteiger partial charge in [0, 0.05) is 17.6 Å². The van der Waals surface area contributed by atoms with Gasteiger partial charge in [0.15, 0.2) is 0 Å². The summed E-state index contributed by atoms with van der Waals surface area (Å²) in [5, 5.41) is 0.929. The van der Waals surface area contributed by atoms with Crippen LogP contribution in [-0.4, -0.2) is 27.1 Å². The smallest absolute Gasteiger partial charge is 0.251 e. The van der Waals surface area contributed by atoms with Crippen LogP contribution < -0.4 is 15.0 Å². The monoisotopic (exact) mass is 386 g/mol. The second-order valence-corrected chi connectivity index (χ2v) is 8.25. The van der Waals surface area contributed by atoms with E-state index in [1.165, 1.54) is 6.07 Å². The Bertz CT molecular complexity index is 1150. The number of methoxy groups -OCH3 is 1. The highest BCUT2D eigenvalue weighted by Gasteiger charge is 2.15. The van der Waals surface area contributed by atoms with E-state index in [-0.39, 0.29) is 17.0 Å². The van der Waals surface area contributed by atoms with Crippen molar-refractivity contribution in [3.8, 4) is 5.75 Å². The number of sulfonamides is 1. The van der Waals surface area contributed by atoms with E-state index in [1.54, 1.807) is 33.1 Å². The number of benzene rings is 2. The zero-order valence-corrected chi connectivity index (χ0v) is 16.3.